The minimum absolute atomic E-state index is 0.166. The van der Waals surface area contributed by atoms with Crippen molar-refractivity contribution in [1.82, 2.24) is 10.6 Å². The van der Waals surface area contributed by atoms with Gasteiger partial charge in [0, 0.05) is 23.5 Å². The summed E-state index contributed by atoms with van der Waals surface area (Å²) in [4.78, 5) is 1.14. The van der Waals surface area contributed by atoms with Crippen LogP contribution >= 0.6 is 11.8 Å². The predicted octanol–water partition coefficient (Wildman–Crippen LogP) is 4.13. The summed E-state index contributed by atoms with van der Waals surface area (Å²) in [6.45, 7) is 1.75. The zero-order valence-electron chi connectivity index (χ0n) is 13.4. The van der Waals surface area contributed by atoms with Crippen molar-refractivity contribution in [2.75, 3.05) is 12.8 Å². The number of halogens is 1. The lowest BCUT2D eigenvalue weighted by Gasteiger charge is -2.34. The zero-order chi connectivity index (χ0) is 16.1. The van der Waals surface area contributed by atoms with Crippen molar-refractivity contribution in [3.63, 3.8) is 0 Å². The Hall–Kier alpha value is -1.36. The third kappa shape index (κ3) is 4.14. The van der Waals surface area contributed by atoms with E-state index in [1.807, 2.05) is 18.4 Å². The predicted molar refractivity (Wildman–Crippen MR) is 95.2 cm³/mol. The molecule has 0 unspecified atom stereocenters. The smallest absolute Gasteiger partial charge is 0.123 e. The third-order valence-corrected chi connectivity index (χ3v) is 5.25. The van der Waals surface area contributed by atoms with Crippen molar-refractivity contribution in [3.05, 3.63) is 65.5 Å². The van der Waals surface area contributed by atoms with E-state index in [0.29, 0.717) is 18.6 Å². The molecule has 2 aromatic rings. The highest BCUT2D eigenvalue weighted by Crippen LogP contribution is 2.25. The summed E-state index contributed by atoms with van der Waals surface area (Å²) in [7, 11) is 0. The Labute approximate surface area is 141 Å². The van der Waals surface area contributed by atoms with Crippen LogP contribution in [0.4, 0.5) is 4.39 Å². The van der Waals surface area contributed by atoms with E-state index in [1.54, 1.807) is 17.8 Å². The van der Waals surface area contributed by atoms with Gasteiger partial charge in [0.15, 0.2) is 0 Å². The van der Waals surface area contributed by atoms with Crippen molar-refractivity contribution in [2.24, 2.45) is 0 Å². The van der Waals surface area contributed by atoms with E-state index >= 15 is 0 Å². The maximum atomic E-state index is 13.5. The molecule has 0 aromatic heterocycles. The molecule has 1 aliphatic heterocycles. The lowest BCUT2D eigenvalue weighted by molar-refractivity contribution is 0.304. The number of hydrogen-bond donors (Lipinski definition) is 2. The van der Waals surface area contributed by atoms with Gasteiger partial charge in [-0.05, 0) is 55.0 Å². The first-order chi connectivity index (χ1) is 11.3. The second-order valence-electron chi connectivity index (χ2n) is 5.93. The topological polar surface area (TPSA) is 24.1 Å². The summed E-state index contributed by atoms with van der Waals surface area (Å²) >= 11 is 1.67. The average Bonchev–Trinajstić information content (AvgIpc) is 2.61. The standard InChI is InChI=1S/C19H23FN2S/c1-23-18-10-9-16(20)12-15(18)13-22-17-8-5-11-21-19(17)14-6-3-2-4-7-14/h2-4,6-7,9-10,12,17,19,21-22H,5,8,11,13H2,1H3/t17-,19-/m1/s1. The molecule has 2 N–H and O–H groups in total. The number of benzene rings is 2. The molecule has 0 radical (unpaired) electrons. The molecule has 0 aliphatic carbocycles. The molecule has 0 saturated carbocycles. The van der Waals surface area contributed by atoms with E-state index in [9.17, 15) is 4.39 Å². The maximum absolute atomic E-state index is 13.5. The fourth-order valence-corrected chi connectivity index (χ4v) is 3.84. The van der Waals surface area contributed by atoms with E-state index in [0.717, 1.165) is 23.4 Å². The molecule has 2 nitrogen and oxygen atoms in total. The summed E-state index contributed by atoms with van der Waals surface area (Å²) in [5.74, 6) is -0.166. The average molecular weight is 330 g/mol. The molecule has 2 aromatic carbocycles. The molecule has 3 rings (SSSR count). The van der Waals surface area contributed by atoms with Crippen LogP contribution < -0.4 is 10.6 Å². The molecule has 1 aliphatic rings. The van der Waals surface area contributed by atoms with Gasteiger partial charge < -0.3 is 10.6 Å². The first-order valence-electron chi connectivity index (χ1n) is 8.12. The van der Waals surface area contributed by atoms with Crippen molar-refractivity contribution in [1.29, 1.82) is 0 Å². The van der Waals surface area contributed by atoms with Gasteiger partial charge in [0.25, 0.3) is 0 Å². The van der Waals surface area contributed by atoms with Crippen LogP contribution in [0.3, 0.4) is 0 Å². The number of rotatable bonds is 5. The van der Waals surface area contributed by atoms with E-state index < -0.39 is 0 Å². The van der Waals surface area contributed by atoms with Crippen LogP contribution in [0.25, 0.3) is 0 Å². The quantitative estimate of drug-likeness (QED) is 0.806. The molecular weight excluding hydrogens is 307 g/mol. The second-order valence-corrected chi connectivity index (χ2v) is 6.78. The van der Waals surface area contributed by atoms with E-state index in [-0.39, 0.29) is 5.82 Å². The monoisotopic (exact) mass is 330 g/mol. The molecule has 1 fully saturated rings. The highest BCUT2D eigenvalue weighted by Gasteiger charge is 2.25. The van der Waals surface area contributed by atoms with Gasteiger partial charge in [-0.25, -0.2) is 4.39 Å². The highest BCUT2D eigenvalue weighted by atomic mass is 32.2. The Bertz CT molecular complexity index is 633. The van der Waals surface area contributed by atoms with E-state index in [4.69, 9.17) is 0 Å². The van der Waals surface area contributed by atoms with Gasteiger partial charge in [0.2, 0.25) is 0 Å². The van der Waals surface area contributed by atoms with E-state index in [1.165, 1.54) is 18.1 Å². The zero-order valence-corrected chi connectivity index (χ0v) is 14.2. The molecule has 2 atom stereocenters. The fraction of sp³-hybridized carbons (Fsp3) is 0.368. The van der Waals surface area contributed by atoms with Crippen LogP contribution in [0.15, 0.2) is 53.4 Å². The largest absolute Gasteiger partial charge is 0.309 e. The van der Waals surface area contributed by atoms with Crippen LogP contribution in [-0.2, 0) is 6.54 Å². The van der Waals surface area contributed by atoms with Crippen LogP contribution in [0.1, 0.15) is 30.0 Å². The summed E-state index contributed by atoms with van der Waals surface area (Å²) in [5, 5.41) is 7.27. The Morgan fingerprint density at radius 3 is 2.83 bits per heavy atom. The molecule has 0 bridgehead atoms. The SMILES string of the molecule is CSc1ccc(F)cc1CN[C@@H]1CCCN[C@@H]1c1ccccc1. The van der Waals surface area contributed by atoms with Gasteiger partial charge in [-0.1, -0.05) is 30.3 Å². The molecule has 1 heterocycles. The Morgan fingerprint density at radius 1 is 1.22 bits per heavy atom. The van der Waals surface area contributed by atoms with Gasteiger partial charge in [0.1, 0.15) is 5.82 Å². The molecule has 4 heteroatoms. The molecule has 0 spiro atoms. The molecule has 0 amide bonds. The Balaban J connectivity index is 1.72. The van der Waals surface area contributed by atoms with Crippen LogP contribution in [0.5, 0.6) is 0 Å². The Morgan fingerprint density at radius 2 is 2.04 bits per heavy atom. The molecule has 1 saturated heterocycles. The van der Waals surface area contributed by atoms with Crippen molar-refractivity contribution in [3.8, 4) is 0 Å². The van der Waals surface area contributed by atoms with Crippen molar-refractivity contribution in [2.45, 2.75) is 36.4 Å². The van der Waals surface area contributed by atoms with Crippen LogP contribution in [0.2, 0.25) is 0 Å². The summed E-state index contributed by atoms with van der Waals surface area (Å²) in [6.07, 6.45) is 4.34. The number of thioether (sulfide) groups is 1. The van der Waals surface area contributed by atoms with Gasteiger partial charge >= 0.3 is 0 Å². The maximum Gasteiger partial charge on any atom is 0.123 e. The first kappa shape index (κ1) is 16.5. The van der Waals surface area contributed by atoms with Gasteiger partial charge in [-0.3, -0.25) is 0 Å². The lowest BCUT2D eigenvalue weighted by Crippen LogP contribution is -2.45. The molecular formula is C19H23FN2S. The molecule has 23 heavy (non-hydrogen) atoms. The minimum Gasteiger partial charge on any atom is -0.309 e. The van der Waals surface area contributed by atoms with Crippen molar-refractivity contribution >= 4 is 11.8 Å². The van der Waals surface area contributed by atoms with Gasteiger partial charge in [0.05, 0.1) is 0 Å². The van der Waals surface area contributed by atoms with Gasteiger partial charge in [-0.15, -0.1) is 11.8 Å². The Kier molecular flexibility index (Phi) is 5.70. The lowest BCUT2D eigenvalue weighted by atomic mass is 9.92. The van der Waals surface area contributed by atoms with E-state index in [2.05, 4.69) is 34.9 Å². The third-order valence-electron chi connectivity index (χ3n) is 4.41. The molecule has 122 valence electrons. The fourth-order valence-electron chi connectivity index (χ4n) is 3.25. The van der Waals surface area contributed by atoms with Crippen LogP contribution in [-0.4, -0.2) is 18.8 Å². The summed E-state index contributed by atoms with van der Waals surface area (Å²) in [6, 6.07) is 16.3. The van der Waals surface area contributed by atoms with Gasteiger partial charge in [-0.2, -0.15) is 0 Å². The first-order valence-corrected chi connectivity index (χ1v) is 9.34. The van der Waals surface area contributed by atoms with Crippen LogP contribution in [0, 0.1) is 5.82 Å². The normalized spacial score (nSPS) is 21.3. The minimum atomic E-state index is -0.166. The highest BCUT2D eigenvalue weighted by molar-refractivity contribution is 7.98. The second kappa shape index (κ2) is 7.95. The number of piperidine rings is 1. The van der Waals surface area contributed by atoms with Crippen molar-refractivity contribution < 1.29 is 4.39 Å². The number of nitrogens with one attached hydrogen (secondary N) is 2. The summed E-state index contributed by atoms with van der Waals surface area (Å²) < 4.78 is 13.5. The summed E-state index contributed by atoms with van der Waals surface area (Å²) in [5.41, 5.74) is 2.35. The number of hydrogen-bond acceptors (Lipinski definition) is 3.